The van der Waals surface area contributed by atoms with Crippen LogP contribution in [0.15, 0.2) is 34.7 Å². The van der Waals surface area contributed by atoms with Crippen LogP contribution >= 0.6 is 0 Å². The summed E-state index contributed by atoms with van der Waals surface area (Å²) in [5, 5.41) is 0. The van der Waals surface area contributed by atoms with E-state index in [1.807, 2.05) is 11.0 Å². The maximum absolute atomic E-state index is 13.4. The highest BCUT2D eigenvalue weighted by molar-refractivity contribution is 5.82. The van der Waals surface area contributed by atoms with Crippen molar-refractivity contribution in [3.05, 3.63) is 53.2 Å². The van der Waals surface area contributed by atoms with Crippen molar-refractivity contribution in [3.63, 3.8) is 0 Å². The summed E-state index contributed by atoms with van der Waals surface area (Å²) >= 11 is 0. The minimum Gasteiger partial charge on any atom is -0.445 e. The predicted molar refractivity (Wildman–Crippen MR) is 107 cm³/mol. The Balaban J connectivity index is 1.28. The van der Waals surface area contributed by atoms with Gasteiger partial charge in [0.2, 0.25) is 5.91 Å². The van der Waals surface area contributed by atoms with E-state index in [-0.39, 0.29) is 11.9 Å². The average Bonchev–Trinajstić information content (AvgIpc) is 3.09. The molecule has 5 rings (SSSR count). The summed E-state index contributed by atoms with van der Waals surface area (Å²) in [6.07, 6.45) is 7.73. The minimum absolute atomic E-state index is 0.00601. The first-order valence-corrected chi connectivity index (χ1v) is 10.8. The number of amides is 1. The van der Waals surface area contributed by atoms with Crippen molar-refractivity contribution in [1.29, 1.82) is 0 Å². The Labute approximate surface area is 166 Å². The number of carbonyl (C=O) groups is 1. The molecule has 0 bridgehead atoms. The van der Waals surface area contributed by atoms with E-state index in [1.54, 1.807) is 0 Å². The van der Waals surface area contributed by atoms with Crippen LogP contribution < -0.4 is 0 Å². The largest absolute Gasteiger partial charge is 0.445 e. The van der Waals surface area contributed by atoms with Crippen molar-refractivity contribution < 1.29 is 9.21 Å². The molecule has 1 saturated heterocycles. The second-order valence-corrected chi connectivity index (χ2v) is 8.53. The van der Waals surface area contributed by atoms with Gasteiger partial charge in [-0.05, 0) is 37.8 Å². The molecule has 2 aliphatic heterocycles. The van der Waals surface area contributed by atoms with Gasteiger partial charge in [0, 0.05) is 25.4 Å². The smallest absolute Gasteiger partial charge is 0.240 e. The molecule has 1 unspecified atom stereocenters. The third kappa shape index (κ3) is 3.48. The Kier molecular flexibility index (Phi) is 4.93. The number of likely N-dealkylation sites (tertiary alicyclic amines) is 1. The molecule has 28 heavy (non-hydrogen) atoms. The zero-order chi connectivity index (χ0) is 18.9. The normalized spacial score (nSPS) is 23.3. The molecule has 1 aromatic heterocycles. The van der Waals surface area contributed by atoms with Crippen molar-refractivity contribution in [2.45, 2.75) is 70.0 Å². The zero-order valence-electron chi connectivity index (χ0n) is 16.5. The van der Waals surface area contributed by atoms with E-state index < -0.39 is 0 Å². The quantitative estimate of drug-likeness (QED) is 0.809. The summed E-state index contributed by atoms with van der Waals surface area (Å²) in [6.45, 7) is 3.22. The maximum atomic E-state index is 13.4. The molecule has 148 valence electrons. The van der Waals surface area contributed by atoms with Crippen LogP contribution in [-0.4, -0.2) is 39.8 Å². The second kappa shape index (κ2) is 7.70. The van der Waals surface area contributed by atoms with Crippen molar-refractivity contribution in [2.24, 2.45) is 0 Å². The SMILES string of the molecule is O=C(C1CCCCN1Cc1ccccc1)N1CCc2oc(C3CCC3)nc2C1. The van der Waals surface area contributed by atoms with Crippen molar-refractivity contribution in [2.75, 3.05) is 13.1 Å². The number of oxazole rings is 1. The third-order valence-corrected chi connectivity index (χ3v) is 6.64. The standard InChI is InChI=1S/C23H29N3O2/c27-23(20-11-4-5-13-25(20)15-17-7-2-1-3-8-17)26-14-12-21-19(16-26)24-22(28-21)18-9-6-10-18/h1-3,7-8,18,20H,4-6,9-16H2. The number of carbonyl (C=O) groups excluding carboxylic acids is 1. The topological polar surface area (TPSA) is 49.6 Å². The van der Waals surface area contributed by atoms with Gasteiger partial charge in [-0.2, -0.15) is 0 Å². The summed E-state index contributed by atoms with van der Waals surface area (Å²) in [7, 11) is 0. The fraction of sp³-hybridized carbons (Fsp3) is 0.565. The Hall–Kier alpha value is -2.14. The van der Waals surface area contributed by atoms with Gasteiger partial charge in [-0.15, -0.1) is 0 Å². The summed E-state index contributed by atoms with van der Waals surface area (Å²) < 4.78 is 6.02. The number of piperidine rings is 1. The average molecular weight is 380 g/mol. The van der Waals surface area contributed by atoms with Crippen LogP contribution in [-0.2, 0) is 24.3 Å². The van der Waals surface area contributed by atoms with Gasteiger partial charge >= 0.3 is 0 Å². The summed E-state index contributed by atoms with van der Waals surface area (Å²) in [6, 6.07) is 10.5. The molecule has 0 N–H and O–H groups in total. The van der Waals surface area contributed by atoms with Crippen LogP contribution in [0.4, 0.5) is 0 Å². The van der Waals surface area contributed by atoms with E-state index in [9.17, 15) is 4.79 Å². The maximum Gasteiger partial charge on any atom is 0.240 e. The molecule has 1 saturated carbocycles. The molecule has 5 nitrogen and oxygen atoms in total. The molecule has 3 aliphatic rings. The van der Waals surface area contributed by atoms with Crippen LogP contribution in [0.2, 0.25) is 0 Å². The van der Waals surface area contributed by atoms with E-state index in [1.165, 1.54) is 31.2 Å². The molecule has 1 amide bonds. The van der Waals surface area contributed by atoms with Crippen molar-refractivity contribution >= 4 is 5.91 Å². The third-order valence-electron chi connectivity index (χ3n) is 6.64. The Bertz CT molecular complexity index is 828. The lowest BCUT2D eigenvalue weighted by molar-refractivity contribution is -0.139. The van der Waals surface area contributed by atoms with Gasteiger partial charge in [0.25, 0.3) is 0 Å². The highest BCUT2D eigenvalue weighted by Gasteiger charge is 2.35. The fourth-order valence-corrected chi connectivity index (χ4v) is 4.73. The molecule has 5 heteroatoms. The van der Waals surface area contributed by atoms with Gasteiger partial charge in [0.05, 0.1) is 12.6 Å². The molecule has 0 radical (unpaired) electrons. The van der Waals surface area contributed by atoms with Crippen LogP contribution in [0.25, 0.3) is 0 Å². The molecule has 1 aromatic carbocycles. The van der Waals surface area contributed by atoms with Crippen LogP contribution in [0.3, 0.4) is 0 Å². The molecule has 2 fully saturated rings. The van der Waals surface area contributed by atoms with Gasteiger partial charge in [0.1, 0.15) is 11.5 Å². The van der Waals surface area contributed by atoms with Crippen molar-refractivity contribution in [1.82, 2.24) is 14.8 Å². The van der Waals surface area contributed by atoms with Gasteiger partial charge in [-0.1, -0.05) is 43.2 Å². The summed E-state index contributed by atoms with van der Waals surface area (Å²) in [5.74, 6) is 2.70. The first-order valence-electron chi connectivity index (χ1n) is 10.8. The number of fused-ring (bicyclic) bond motifs is 1. The van der Waals surface area contributed by atoms with E-state index in [0.717, 1.165) is 56.2 Å². The van der Waals surface area contributed by atoms with Crippen molar-refractivity contribution in [3.8, 4) is 0 Å². The first-order chi connectivity index (χ1) is 13.8. The molecule has 1 aliphatic carbocycles. The van der Waals surface area contributed by atoms with E-state index in [2.05, 4.69) is 29.2 Å². The monoisotopic (exact) mass is 379 g/mol. The van der Waals surface area contributed by atoms with E-state index >= 15 is 0 Å². The lowest BCUT2D eigenvalue weighted by atomic mass is 9.85. The summed E-state index contributed by atoms with van der Waals surface area (Å²) in [5.41, 5.74) is 2.27. The molecule has 3 heterocycles. The predicted octanol–water partition coefficient (Wildman–Crippen LogP) is 3.88. The molecule has 2 aromatic rings. The second-order valence-electron chi connectivity index (χ2n) is 8.53. The van der Waals surface area contributed by atoms with Gasteiger partial charge in [0.15, 0.2) is 5.89 Å². The lowest BCUT2D eigenvalue weighted by Crippen LogP contribution is -2.51. The van der Waals surface area contributed by atoms with Crippen LogP contribution in [0.5, 0.6) is 0 Å². The van der Waals surface area contributed by atoms with E-state index in [0.29, 0.717) is 12.5 Å². The Morgan fingerprint density at radius 1 is 1.07 bits per heavy atom. The number of nitrogens with zero attached hydrogens (tertiary/aromatic N) is 3. The molecule has 1 atom stereocenters. The van der Waals surface area contributed by atoms with E-state index in [4.69, 9.17) is 9.40 Å². The lowest BCUT2D eigenvalue weighted by Gasteiger charge is -2.38. The Morgan fingerprint density at radius 3 is 2.71 bits per heavy atom. The minimum atomic E-state index is -0.00601. The van der Waals surface area contributed by atoms with Crippen LogP contribution in [0, 0.1) is 0 Å². The molecular weight excluding hydrogens is 350 g/mol. The zero-order valence-corrected chi connectivity index (χ0v) is 16.5. The number of hydrogen-bond donors (Lipinski definition) is 0. The first kappa shape index (κ1) is 17.9. The molecule has 0 spiro atoms. The fourth-order valence-electron chi connectivity index (χ4n) is 4.73. The van der Waals surface area contributed by atoms with Gasteiger partial charge in [-0.25, -0.2) is 4.98 Å². The van der Waals surface area contributed by atoms with Gasteiger partial charge < -0.3 is 9.32 Å². The molecular formula is C23H29N3O2. The number of aromatic nitrogens is 1. The highest BCUT2D eigenvalue weighted by atomic mass is 16.4. The number of benzene rings is 1. The highest BCUT2D eigenvalue weighted by Crippen LogP contribution is 2.37. The number of hydrogen-bond acceptors (Lipinski definition) is 4. The summed E-state index contributed by atoms with van der Waals surface area (Å²) in [4.78, 5) is 22.6. The Morgan fingerprint density at radius 2 is 1.93 bits per heavy atom. The van der Waals surface area contributed by atoms with Crippen LogP contribution in [0.1, 0.15) is 67.4 Å². The number of rotatable bonds is 4. The van der Waals surface area contributed by atoms with Gasteiger partial charge in [-0.3, -0.25) is 9.69 Å².